The second kappa shape index (κ2) is 12.1. The molecule has 0 aliphatic heterocycles. The lowest BCUT2D eigenvalue weighted by molar-refractivity contribution is 0.810. The fourth-order valence-electron chi connectivity index (χ4n) is 12.6. The molecule has 0 saturated heterocycles. The molecule has 63 heavy (non-hydrogen) atoms. The molecule has 3 aliphatic carbocycles. The van der Waals surface area contributed by atoms with Crippen LogP contribution in [0.2, 0.25) is 0 Å². The second-order valence-electron chi connectivity index (χ2n) is 17.8. The van der Waals surface area contributed by atoms with Crippen LogP contribution in [0.25, 0.3) is 121 Å². The van der Waals surface area contributed by atoms with Crippen LogP contribution in [0.4, 0.5) is 0 Å². The molecule has 0 unspecified atom stereocenters. The minimum Gasteiger partial charge on any atom is -0.0619 e. The summed E-state index contributed by atoms with van der Waals surface area (Å²) in [4.78, 5) is 0. The van der Waals surface area contributed by atoms with Gasteiger partial charge in [-0.25, -0.2) is 0 Å². The third-order valence-corrected chi connectivity index (χ3v) is 15.0. The van der Waals surface area contributed by atoms with Crippen molar-refractivity contribution in [3.05, 3.63) is 241 Å². The van der Waals surface area contributed by atoms with Crippen LogP contribution in [0.3, 0.4) is 0 Å². The van der Waals surface area contributed by atoms with Crippen LogP contribution in [0, 0.1) is 0 Å². The largest absolute Gasteiger partial charge is 0.0738 e. The molecule has 0 N–H and O–H groups in total. The SMILES string of the molecule is c1ccc2c(c1)-c1cccc3c(-c4ccc(-c5ccc6c7c(c8ccccc8c6c5)-c5c(c6ccccc6c6ccccc56)C75c6ccccc6-c6ccccc65)cc4)ccc-2c13. The van der Waals surface area contributed by atoms with E-state index in [0.29, 0.717) is 0 Å². The molecule has 3 aliphatic rings. The smallest absolute Gasteiger partial charge is 0.0619 e. The molecule has 12 aromatic carbocycles. The van der Waals surface area contributed by atoms with Crippen molar-refractivity contribution in [2.75, 3.05) is 0 Å². The van der Waals surface area contributed by atoms with Crippen molar-refractivity contribution in [1.29, 1.82) is 0 Å². The van der Waals surface area contributed by atoms with Gasteiger partial charge in [0.05, 0.1) is 5.41 Å². The molecule has 0 amide bonds. The average Bonchev–Trinajstić information content (AvgIpc) is 3.97. The predicted molar refractivity (Wildman–Crippen MR) is 266 cm³/mol. The molecule has 1 spiro atoms. The minimum atomic E-state index is -0.520. The fourth-order valence-corrected chi connectivity index (χ4v) is 12.6. The van der Waals surface area contributed by atoms with Crippen molar-refractivity contribution in [1.82, 2.24) is 0 Å². The van der Waals surface area contributed by atoms with E-state index in [2.05, 4.69) is 218 Å². The summed E-state index contributed by atoms with van der Waals surface area (Å²) in [7, 11) is 0. The van der Waals surface area contributed by atoms with Gasteiger partial charge in [0.1, 0.15) is 0 Å². The first-order valence-electron chi connectivity index (χ1n) is 22.2. The Morgan fingerprint density at radius 2 is 0.635 bits per heavy atom. The minimum absolute atomic E-state index is 0.520. The van der Waals surface area contributed by atoms with E-state index >= 15 is 0 Å². The maximum atomic E-state index is 2.48. The van der Waals surface area contributed by atoms with Crippen molar-refractivity contribution in [3.63, 3.8) is 0 Å². The topological polar surface area (TPSA) is 0 Å². The molecule has 0 radical (unpaired) electrons. The molecule has 0 aromatic heterocycles. The Labute approximate surface area is 365 Å². The van der Waals surface area contributed by atoms with E-state index in [-0.39, 0.29) is 0 Å². The van der Waals surface area contributed by atoms with Crippen LogP contribution in [-0.2, 0) is 5.41 Å². The monoisotopic (exact) mass is 792 g/mol. The zero-order valence-corrected chi connectivity index (χ0v) is 34.3. The highest BCUT2D eigenvalue weighted by molar-refractivity contribution is 6.28. The van der Waals surface area contributed by atoms with E-state index < -0.39 is 5.41 Å². The number of rotatable bonds is 2. The lowest BCUT2D eigenvalue weighted by Crippen LogP contribution is -2.26. The molecular formula is C63H36. The number of hydrogen-bond donors (Lipinski definition) is 0. The van der Waals surface area contributed by atoms with Gasteiger partial charge in [0, 0.05) is 0 Å². The molecular weight excluding hydrogens is 757 g/mol. The van der Waals surface area contributed by atoms with Gasteiger partial charge in [-0.1, -0.05) is 212 Å². The normalized spacial score (nSPS) is 13.5. The first-order valence-corrected chi connectivity index (χ1v) is 22.2. The Morgan fingerprint density at radius 1 is 0.222 bits per heavy atom. The summed E-state index contributed by atoms with van der Waals surface area (Å²) in [6.07, 6.45) is 0. The lowest BCUT2D eigenvalue weighted by atomic mass is 9.68. The maximum Gasteiger partial charge on any atom is 0.0738 e. The molecule has 0 saturated carbocycles. The van der Waals surface area contributed by atoms with Crippen molar-refractivity contribution < 1.29 is 0 Å². The molecule has 15 rings (SSSR count). The zero-order valence-electron chi connectivity index (χ0n) is 34.3. The van der Waals surface area contributed by atoms with Gasteiger partial charge in [0.15, 0.2) is 0 Å². The molecule has 0 heteroatoms. The summed E-state index contributed by atoms with van der Waals surface area (Å²) >= 11 is 0. The molecule has 0 bridgehead atoms. The van der Waals surface area contributed by atoms with E-state index in [0.717, 1.165) is 0 Å². The predicted octanol–water partition coefficient (Wildman–Crippen LogP) is 16.8. The van der Waals surface area contributed by atoms with Crippen molar-refractivity contribution in [2.45, 2.75) is 5.41 Å². The Bertz CT molecular complexity index is 3940. The first-order chi connectivity index (χ1) is 31.3. The summed E-state index contributed by atoms with van der Waals surface area (Å²) < 4.78 is 0. The van der Waals surface area contributed by atoms with Crippen molar-refractivity contribution in [2.24, 2.45) is 0 Å². The van der Waals surface area contributed by atoms with Crippen LogP contribution < -0.4 is 0 Å². The maximum absolute atomic E-state index is 2.48. The molecule has 0 fully saturated rings. The standard InChI is InChI=1S/C63H36/c1-2-15-42-41(14-1)49-25-13-24-48-40(34-35-52(42)58(48)49)38-30-28-37(29-31-38)39-32-33-54-55(36-39)45-18-4-7-22-51(45)60-59-50-21-6-3-16-43(50)44-17-5-8-23-53(44)61(59)63(62(54)60)56-26-11-9-19-46(56)47-20-10-12-27-57(47)63/h1-36H. The van der Waals surface area contributed by atoms with Crippen LogP contribution in [-0.4, -0.2) is 0 Å². The zero-order chi connectivity index (χ0) is 41.0. The summed E-state index contributed by atoms with van der Waals surface area (Å²) in [5.74, 6) is 0. The summed E-state index contributed by atoms with van der Waals surface area (Å²) in [5.41, 5.74) is 20.7. The van der Waals surface area contributed by atoms with Crippen LogP contribution in [0.1, 0.15) is 22.3 Å². The first kappa shape index (κ1) is 33.6. The van der Waals surface area contributed by atoms with Crippen LogP contribution in [0.5, 0.6) is 0 Å². The quantitative estimate of drug-likeness (QED) is 0.153. The van der Waals surface area contributed by atoms with E-state index in [4.69, 9.17) is 0 Å². The van der Waals surface area contributed by atoms with Gasteiger partial charge in [-0.3, -0.25) is 0 Å². The Balaban J connectivity index is 0.995. The molecule has 0 heterocycles. The van der Waals surface area contributed by atoms with Gasteiger partial charge in [-0.15, -0.1) is 0 Å². The fraction of sp³-hybridized carbons (Fsp3) is 0.0159. The highest BCUT2D eigenvalue weighted by Gasteiger charge is 2.54. The van der Waals surface area contributed by atoms with Gasteiger partial charge < -0.3 is 0 Å². The van der Waals surface area contributed by atoms with Gasteiger partial charge in [0.25, 0.3) is 0 Å². The Kier molecular flexibility index (Phi) is 6.44. The molecule has 12 aromatic rings. The van der Waals surface area contributed by atoms with Gasteiger partial charge in [0.2, 0.25) is 0 Å². The number of fused-ring (bicyclic) bond motifs is 23. The lowest BCUT2D eigenvalue weighted by Gasteiger charge is -2.33. The van der Waals surface area contributed by atoms with Gasteiger partial charge in [-0.2, -0.15) is 0 Å². The summed E-state index contributed by atoms with van der Waals surface area (Å²) in [5, 5.41) is 13.1. The Hall–Kier alpha value is -8.06. The number of benzene rings is 12. The van der Waals surface area contributed by atoms with E-state index in [1.807, 2.05) is 0 Å². The van der Waals surface area contributed by atoms with E-state index in [1.165, 1.54) is 143 Å². The van der Waals surface area contributed by atoms with E-state index in [9.17, 15) is 0 Å². The third-order valence-electron chi connectivity index (χ3n) is 15.0. The van der Waals surface area contributed by atoms with Crippen LogP contribution >= 0.6 is 0 Å². The molecule has 0 nitrogen and oxygen atoms in total. The highest BCUT2D eigenvalue weighted by Crippen LogP contribution is 2.68. The van der Waals surface area contributed by atoms with Crippen LogP contribution in [0.15, 0.2) is 218 Å². The molecule has 0 atom stereocenters. The second-order valence-corrected chi connectivity index (χ2v) is 17.8. The van der Waals surface area contributed by atoms with Gasteiger partial charge in [-0.05, 0) is 149 Å². The Morgan fingerprint density at radius 3 is 1.27 bits per heavy atom. The van der Waals surface area contributed by atoms with Crippen molar-refractivity contribution in [3.8, 4) is 66.8 Å². The van der Waals surface area contributed by atoms with Gasteiger partial charge >= 0.3 is 0 Å². The molecule has 288 valence electrons. The highest BCUT2D eigenvalue weighted by atomic mass is 14.5. The van der Waals surface area contributed by atoms with Crippen molar-refractivity contribution >= 4 is 53.9 Å². The summed E-state index contributed by atoms with van der Waals surface area (Å²) in [6.45, 7) is 0. The number of hydrogen-bond acceptors (Lipinski definition) is 0. The summed E-state index contributed by atoms with van der Waals surface area (Å²) in [6, 6.07) is 82.7. The van der Waals surface area contributed by atoms with E-state index in [1.54, 1.807) is 0 Å². The average molecular weight is 793 g/mol. The third kappa shape index (κ3) is 4.12.